The van der Waals surface area contributed by atoms with Gasteiger partial charge < -0.3 is 10.1 Å². The molecule has 25 heavy (non-hydrogen) atoms. The maximum Gasteiger partial charge on any atom is 0.267 e. The van der Waals surface area contributed by atoms with Gasteiger partial charge >= 0.3 is 0 Å². The zero-order valence-corrected chi connectivity index (χ0v) is 16.7. The van der Waals surface area contributed by atoms with Crippen LogP contribution < -0.4 is 5.32 Å². The minimum atomic E-state index is -3.71. The van der Waals surface area contributed by atoms with Crippen LogP contribution in [0.5, 0.6) is 0 Å². The molecule has 1 fully saturated rings. The van der Waals surface area contributed by atoms with Crippen LogP contribution in [0.1, 0.15) is 15.2 Å². The summed E-state index contributed by atoms with van der Waals surface area (Å²) in [5.41, 5.74) is 1.60. The highest BCUT2D eigenvalue weighted by Crippen LogP contribution is 2.27. The lowest BCUT2D eigenvalue weighted by Crippen LogP contribution is -2.41. The Morgan fingerprint density at radius 2 is 2.00 bits per heavy atom. The van der Waals surface area contributed by atoms with Gasteiger partial charge in [0.15, 0.2) is 0 Å². The number of thiophene rings is 1. The lowest BCUT2D eigenvalue weighted by Gasteiger charge is -2.26. The van der Waals surface area contributed by atoms with Crippen molar-refractivity contribution in [2.45, 2.75) is 11.8 Å². The van der Waals surface area contributed by atoms with Gasteiger partial charge in [0.25, 0.3) is 5.91 Å². The lowest BCUT2D eigenvalue weighted by molar-refractivity contribution is 0.0730. The monoisotopic (exact) mass is 444 g/mol. The molecule has 0 radical (unpaired) electrons. The van der Waals surface area contributed by atoms with Crippen molar-refractivity contribution in [2.75, 3.05) is 31.6 Å². The summed E-state index contributed by atoms with van der Waals surface area (Å²) in [5, 5.41) is 4.39. The van der Waals surface area contributed by atoms with E-state index in [0.717, 1.165) is 21.4 Å². The fourth-order valence-corrected chi connectivity index (χ4v) is 5.45. The molecular formula is C16H17BrN2O4S2. The van der Waals surface area contributed by atoms with Gasteiger partial charge in [-0.2, -0.15) is 4.31 Å². The third kappa shape index (κ3) is 3.95. The average molecular weight is 445 g/mol. The molecule has 2 aromatic rings. The Kier molecular flexibility index (Phi) is 5.59. The van der Waals surface area contributed by atoms with Crippen molar-refractivity contribution < 1.29 is 17.9 Å². The van der Waals surface area contributed by atoms with Crippen LogP contribution in [-0.4, -0.2) is 44.9 Å². The molecule has 0 spiro atoms. The molecule has 9 heteroatoms. The molecule has 1 saturated heterocycles. The molecule has 0 atom stereocenters. The molecule has 1 aliphatic heterocycles. The van der Waals surface area contributed by atoms with Crippen molar-refractivity contribution in [2.24, 2.45) is 0 Å². The molecule has 0 bridgehead atoms. The molecule has 0 saturated carbocycles. The largest absolute Gasteiger partial charge is 0.379 e. The number of amides is 1. The van der Waals surface area contributed by atoms with Crippen LogP contribution in [0.2, 0.25) is 0 Å². The number of rotatable bonds is 4. The maximum atomic E-state index is 12.8. The highest BCUT2D eigenvalue weighted by atomic mass is 79.9. The number of aryl methyl sites for hydroxylation is 1. The maximum absolute atomic E-state index is 12.8. The highest BCUT2D eigenvalue weighted by Gasteiger charge is 2.31. The van der Waals surface area contributed by atoms with E-state index in [-0.39, 0.29) is 9.77 Å². The van der Waals surface area contributed by atoms with Gasteiger partial charge in [-0.1, -0.05) is 15.9 Å². The van der Waals surface area contributed by atoms with Gasteiger partial charge in [-0.25, -0.2) is 8.42 Å². The van der Waals surface area contributed by atoms with E-state index in [1.165, 1.54) is 10.4 Å². The first-order chi connectivity index (χ1) is 11.9. The summed E-state index contributed by atoms with van der Waals surface area (Å²) in [5.74, 6) is -0.427. The summed E-state index contributed by atoms with van der Waals surface area (Å²) in [6.07, 6.45) is 0. The normalized spacial score (nSPS) is 15.9. The van der Waals surface area contributed by atoms with E-state index >= 15 is 0 Å². The fraction of sp³-hybridized carbons (Fsp3) is 0.312. The van der Waals surface area contributed by atoms with Gasteiger partial charge in [0, 0.05) is 23.2 Å². The summed E-state index contributed by atoms with van der Waals surface area (Å²) in [6.45, 7) is 3.24. The van der Waals surface area contributed by atoms with Crippen LogP contribution >= 0.6 is 27.3 Å². The van der Waals surface area contributed by atoms with Crippen molar-refractivity contribution in [3.8, 4) is 0 Å². The van der Waals surface area contributed by atoms with Gasteiger partial charge in [-0.3, -0.25) is 4.79 Å². The minimum Gasteiger partial charge on any atom is -0.379 e. The molecule has 2 heterocycles. The van der Waals surface area contributed by atoms with Gasteiger partial charge in [-0.15, -0.1) is 11.3 Å². The number of nitrogens with one attached hydrogen (secondary N) is 1. The average Bonchev–Trinajstić information content (AvgIpc) is 3.10. The SMILES string of the molecule is Cc1cc(NC(=O)c2sccc2S(=O)(=O)N2CCOCC2)ccc1Br. The van der Waals surface area contributed by atoms with Crippen LogP contribution in [0.3, 0.4) is 0 Å². The molecule has 1 N–H and O–H groups in total. The number of carbonyl (C=O) groups is 1. The number of hydrogen-bond donors (Lipinski definition) is 1. The summed E-state index contributed by atoms with van der Waals surface area (Å²) in [4.78, 5) is 12.8. The second kappa shape index (κ2) is 7.55. The first kappa shape index (κ1) is 18.5. The number of carbonyl (C=O) groups excluding carboxylic acids is 1. The predicted octanol–water partition coefficient (Wildman–Crippen LogP) is 3.09. The number of ether oxygens (including phenoxy) is 1. The topological polar surface area (TPSA) is 75.7 Å². The predicted molar refractivity (Wildman–Crippen MR) is 101 cm³/mol. The summed E-state index contributed by atoms with van der Waals surface area (Å²) in [7, 11) is -3.71. The van der Waals surface area contributed by atoms with E-state index in [1.807, 2.05) is 19.1 Å². The van der Waals surface area contributed by atoms with Crippen molar-refractivity contribution in [3.63, 3.8) is 0 Å². The Hall–Kier alpha value is -1.26. The van der Waals surface area contributed by atoms with E-state index in [4.69, 9.17) is 4.74 Å². The Morgan fingerprint density at radius 1 is 1.28 bits per heavy atom. The Balaban J connectivity index is 1.85. The second-order valence-electron chi connectivity index (χ2n) is 5.55. The van der Waals surface area contributed by atoms with Gasteiger partial charge in [-0.05, 0) is 42.1 Å². The van der Waals surface area contributed by atoms with Crippen molar-refractivity contribution >= 4 is 48.9 Å². The number of sulfonamides is 1. The molecule has 1 aliphatic rings. The van der Waals surface area contributed by atoms with E-state index in [9.17, 15) is 13.2 Å². The zero-order valence-electron chi connectivity index (χ0n) is 13.5. The van der Waals surface area contributed by atoms with Gasteiger partial charge in [0.1, 0.15) is 9.77 Å². The number of halogens is 1. The molecule has 134 valence electrons. The smallest absolute Gasteiger partial charge is 0.267 e. The molecule has 3 rings (SSSR count). The number of nitrogens with zero attached hydrogens (tertiary/aromatic N) is 1. The molecule has 1 aromatic carbocycles. The second-order valence-corrected chi connectivity index (χ2v) is 9.23. The molecule has 0 unspecified atom stereocenters. The minimum absolute atomic E-state index is 0.0470. The van der Waals surface area contributed by atoms with E-state index in [2.05, 4.69) is 21.2 Å². The van der Waals surface area contributed by atoms with Gasteiger partial charge in [0.2, 0.25) is 10.0 Å². The quantitative estimate of drug-likeness (QED) is 0.785. The number of benzene rings is 1. The van der Waals surface area contributed by atoms with Crippen molar-refractivity contribution in [1.29, 1.82) is 0 Å². The van der Waals surface area contributed by atoms with Crippen LogP contribution in [0, 0.1) is 6.92 Å². The molecule has 1 aromatic heterocycles. The van der Waals surface area contributed by atoms with E-state index in [1.54, 1.807) is 11.4 Å². The summed E-state index contributed by atoms with van der Waals surface area (Å²) < 4.78 is 33.1. The summed E-state index contributed by atoms with van der Waals surface area (Å²) in [6, 6.07) is 6.91. The number of hydrogen-bond acceptors (Lipinski definition) is 5. The van der Waals surface area contributed by atoms with Crippen molar-refractivity contribution in [1.82, 2.24) is 4.31 Å². The van der Waals surface area contributed by atoms with Crippen LogP contribution in [0.25, 0.3) is 0 Å². The third-order valence-electron chi connectivity index (χ3n) is 3.84. The number of morpholine rings is 1. The molecule has 6 nitrogen and oxygen atoms in total. The lowest BCUT2D eigenvalue weighted by atomic mass is 10.2. The Bertz CT molecular complexity index is 889. The van der Waals surface area contributed by atoms with Gasteiger partial charge in [0.05, 0.1) is 13.2 Å². The molecular weight excluding hydrogens is 428 g/mol. The fourth-order valence-electron chi connectivity index (χ4n) is 2.50. The first-order valence-corrected chi connectivity index (χ1v) is 10.7. The van der Waals surface area contributed by atoms with Crippen LogP contribution in [-0.2, 0) is 14.8 Å². The van der Waals surface area contributed by atoms with Crippen molar-refractivity contribution in [3.05, 3.63) is 44.6 Å². The Morgan fingerprint density at radius 3 is 2.68 bits per heavy atom. The third-order valence-corrected chi connectivity index (χ3v) is 7.71. The van der Waals surface area contributed by atoms with E-state index < -0.39 is 15.9 Å². The molecule has 1 amide bonds. The number of anilines is 1. The van der Waals surface area contributed by atoms with Crippen LogP contribution in [0.15, 0.2) is 39.0 Å². The molecule has 0 aliphatic carbocycles. The zero-order chi connectivity index (χ0) is 18.0. The standard InChI is InChI=1S/C16H17BrN2O4S2/c1-11-10-12(2-3-13(11)17)18-16(20)15-14(4-9-24-15)25(21,22)19-5-7-23-8-6-19/h2-4,9-10H,5-8H2,1H3,(H,18,20). The first-order valence-electron chi connectivity index (χ1n) is 7.62. The highest BCUT2D eigenvalue weighted by molar-refractivity contribution is 9.10. The summed E-state index contributed by atoms with van der Waals surface area (Å²) >= 11 is 4.53. The van der Waals surface area contributed by atoms with E-state index in [0.29, 0.717) is 32.0 Å². The van der Waals surface area contributed by atoms with Crippen LogP contribution in [0.4, 0.5) is 5.69 Å². The Labute approximate surface area is 159 Å².